The molecular weight excluding hydrogens is 584 g/mol. The lowest BCUT2D eigenvalue weighted by molar-refractivity contribution is -0.697. The summed E-state index contributed by atoms with van der Waals surface area (Å²) in [4.78, 5) is 15.7. The first-order valence-corrected chi connectivity index (χ1v) is 18.3. The molecule has 0 N–H and O–H groups in total. The van der Waals surface area contributed by atoms with Gasteiger partial charge in [-0.2, -0.15) is 0 Å². The maximum atomic E-state index is 13.9. The monoisotopic (exact) mass is 645 g/mol. The molecule has 0 aliphatic heterocycles. The summed E-state index contributed by atoms with van der Waals surface area (Å²) in [6.07, 6.45) is 24.0. The minimum Gasteiger partial charge on any atom is -0.496 e. The van der Waals surface area contributed by atoms with Crippen molar-refractivity contribution in [1.29, 1.82) is 0 Å². The number of rotatable bonds is 25. The third kappa shape index (κ3) is 14.0. The molecule has 1 heterocycles. The second-order valence-corrected chi connectivity index (χ2v) is 12.7. The predicted molar refractivity (Wildman–Crippen MR) is 192 cm³/mol. The van der Waals surface area contributed by atoms with Crippen molar-refractivity contribution >= 4 is 5.91 Å². The van der Waals surface area contributed by atoms with E-state index in [4.69, 9.17) is 14.2 Å². The topological polar surface area (TPSA) is 51.9 Å². The van der Waals surface area contributed by atoms with Crippen LogP contribution in [0.1, 0.15) is 132 Å². The fourth-order valence-electron chi connectivity index (χ4n) is 6.04. The second-order valence-electron chi connectivity index (χ2n) is 12.7. The van der Waals surface area contributed by atoms with Crippen LogP contribution >= 0.6 is 0 Å². The minimum absolute atomic E-state index is 0.0789. The van der Waals surface area contributed by atoms with Gasteiger partial charge in [-0.25, -0.2) is 4.57 Å². The summed E-state index contributed by atoms with van der Waals surface area (Å²) in [7, 11) is 3.27. The number of unbranched alkanes of at least 4 members (excludes halogenated alkanes) is 13. The molecule has 47 heavy (non-hydrogen) atoms. The molecule has 3 aromatic rings. The highest BCUT2D eigenvalue weighted by Crippen LogP contribution is 2.30. The molecule has 258 valence electrons. The summed E-state index contributed by atoms with van der Waals surface area (Å²) >= 11 is 0. The second kappa shape index (κ2) is 22.9. The summed E-state index contributed by atoms with van der Waals surface area (Å²) in [5.74, 6) is 1.93. The van der Waals surface area contributed by atoms with E-state index in [0.29, 0.717) is 36.8 Å². The molecule has 0 aliphatic carbocycles. The van der Waals surface area contributed by atoms with Gasteiger partial charge in [0, 0.05) is 31.6 Å². The molecule has 6 nitrogen and oxygen atoms in total. The van der Waals surface area contributed by atoms with E-state index < -0.39 is 0 Å². The van der Waals surface area contributed by atoms with Crippen LogP contribution in [0.15, 0.2) is 67.0 Å². The van der Waals surface area contributed by atoms with Gasteiger partial charge in [-0.3, -0.25) is 4.79 Å². The number of nitrogens with zero attached hydrogens (tertiary/aromatic N) is 2. The van der Waals surface area contributed by atoms with Crippen molar-refractivity contribution in [2.45, 2.75) is 130 Å². The summed E-state index contributed by atoms with van der Waals surface area (Å²) in [5, 5.41) is 0. The lowest BCUT2D eigenvalue weighted by atomic mass is 10.0. The molecule has 0 saturated carbocycles. The molecule has 0 atom stereocenters. The average molecular weight is 646 g/mol. The Kier molecular flexibility index (Phi) is 18.5. The third-order valence-electron chi connectivity index (χ3n) is 8.80. The number of hydrogen-bond acceptors (Lipinski definition) is 4. The van der Waals surface area contributed by atoms with Gasteiger partial charge in [0.1, 0.15) is 12.3 Å². The highest BCUT2D eigenvalue weighted by Gasteiger charge is 2.21. The first kappa shape index (κ1) is 37.9. The van der Waals surface area contributed by atoms with E-state index in [1.165, 1.54) is 83.5 Å². The minimum atomic E-state index is -0.0789. The summed E-state index contributed by atoms with van der Waals surface area (Å²) < 4.78 is 19.6. The summed E-state index contributed by atoms with van der Waals surface area (Å²) in [6, 6.07) is 17.6. The molecule has 0 aliphatic rings. The van der Waals surface area contributed by atoms with E-state index in [2.05, 4.69) is 42.9 Å². The van der Waals surface area contributed by atoms with Gasteiger partial charge in [0.15, 0.2) is 23.9 Å². The number of carbonyl (C=O) groups excluding carboxylic acids is 1. The molecule has 0 fully saturated rings. The van der Waals surface area contributed by atoms with E-state index in [9.17, 15) is 4.79 Å². The number of benzene rings is 2. The Hall–Kier alpha value is -3.54. The van der Waals surface area contributed by atoms with Gasteiger partial charge in [0.2, 0.25) is 0 Å². The number of aromatic nitrogens is 1. The Morgan fingerprint density at radius 1 is 0.617 bits per heavy atom. The Morgan fingerprint density at radius 3 is 1.79 bits per heavy atom. The fraction of sp³-hybridized carbons (Fsp3) is 0.561. The van der Waals surface area contributed by atoms with Gasteiger partial charge in [-0.05, 0) is 41.8 Å². The van der Waals surface area contributed by atoms with Gasteiger partial charge in [0.05, 0.1) is 26.4 Å². The highest BCUT2D eigenvalue weighted by atomic mass is 16.5. The number of aryl methyl sites for hydroxylation is 1. The predicted octanol–water partition coefficient (Wildman–Crippen LogP) is 10.1. The number of methoxy groups -OCH3 is 2. The first-order chi connectivity index (χ1) is 23.1. The Morgan fingerprint density at radius 2 is 1.19 bits per heavy atom. The van der Waals surface area contributed by atoms with Crippen molar-refractivity contribution in [3.8, 4) is 17.2 Å². The van der Waals surface area contributed by atoms with E-state index >= 15 is 0 Å². The average Bonchev–Trinajstić information content (AvgIpc) is 3.10. The molecule has 0 unspecified atom stereocenters. The molecule has 0 bridgehead atoms. The fourth-order valence-corrected chi connectivity index (χ4v) is 6.04. The molecular formula is C41H61N2O4+. The third-order valence-corrected chi connectivity index (χ3v) is 8.80. The molecule has 2 aromatic carbocycles. The molecule has 0 saturated heterocycles. The van der Waals surface area contributed by atoms with Crippen LogP contribution in [0.3, 0.4) is 0 Å². The zero-order valence-corrected chi connectivity index (χ0v) is 29.8. The van der Waals surface area contributed by atoms with Crippen LogP contribution in [0.5, 0.6) is 17.2 Å². The first-order valence-electron chi connectivity index (χ1n) is 18.3. The number of carbonyl (C=O) groups is 1. The summed E-state index contributed by atoms with van der Waals surface area (Å²) in [5.41, 5.74) is 2.60. The SMILES string of the molecule is CCCCCCCCCCCCCCCCOc1ccc(CN(Cc2cc[n+](CCC)cc2)C(=O)c2ccccc2OC)cc1OC. The van der Waals surface area contributed by atoms with E-state index in [-0.39, 0.29) is 5.91 Å². The van der Waals surface area contributed by atoms with Crippen LogP contribution in [0.2, 0.25) is 0 Å². The van der Waals surface area contributed by atoms with Gasteiger partial charge in [-0.1, -0.05) is 116 Å². The number of hydrogen-bond donors (Lipinski definition) is 0. The van der Waals surface area contributed by atoms with Crippen LogP contribution in [0.25, 0.3) is 0 Å². The highest BCUT2D eigenvalue weighted by molar-refractivity contribution is 5.96. The van der Waals surface area contributed by atoms with Gasteiger partial charge in [-0.15, -0.1) is 0 Å². The number of pyridine rings is 1. The van der Waals surface area contributed by atoms with Crippen molar-refractivity contribution in [2.24, 2.45) is 0 Å². The quantitative estimate of drug-likeness (QED) is 0.0680. The molecule has 3 rings (SSSR count). The zero-order valence-electron chi connectivity index (χ0n) is 29.8. The zero-order chi connectivity index (χ0) is 33.5. The number of ether oxygens (including phenoxy) is 3. The van der Waals surface area contributed by atoms with Crippen LogP contribution in [0, 0.1) is 0 Å². The van der Waals surface area contributed by atoms with E-state index in [1.807, 2.05) is 47.4 Å². The van der Waals surface area contributed by atoms with Crippen molar-refractivity contribution in [3.05, 3.63) is 83.7 Å². The number of para-hydroxylation sites is 1. The van der Waals surface area contributed by atoms with Gasteiger partial charge >= 0.3 is 0 Å². The lowest BCUT2D eigenvalue weighted by Gasteiger charge is -2.24. The Labute approximate surface area is 285 Å². The van der Waals surface area contributed by atoms with Crippen LogP contribution < -0.4 is 18.8 Å². The lowest BCUT2D eigenvalue weighted by Crippen LogP contribution is -2.33. The molecule has 6 heteroatoms. The standard InChI is InChI=1S/C41H61N2O4/c1-5-7-8-9-10-11-12-13-14-15-16-17-18-21-31-47-39-25-24-36(32-40(39)46-4)34-43(33-35-26-29-42(28-6-2)30-27-35)41(44)37-22-19-20-23-38(37)45-3/h19-20,22-27,29-30,32H,5-18,21,28,31,33-34H2,1-4H3/q+1. The van der Waals surface area contributed by atoms with Gasteiger partial charge in [0.25, 0.3) is 5.91 Å². The van der Waals surface area contributed by atoms with Crippen LogP contribution in [-0.4, -0.2) is 31.6 Å². The maximum absolute atomic E-state index is 13.9. The van der Waals surface area contributed by atoms with Crippen molar-refractivity contribution in [3.63, 3.8) is 0 Å². The smallest absolute Gasteiger partial charge is 0.258 e. The van der Waals surface area contributed by atoms with Crippen molar-refractivity contribution < 1.29 is 23.6 Å². The van der Waals surface area contributed by atoms with E-state index in [0.717, 1.165) is 36.3 Å². The molecule has 1 aromatic heterocycles. The Bertz CT molecular complexity index is 1280. The van der Waals surface area contributed by atoms with E-state index in [1.54, 1.807) is 14.2 Å². The summed E-state index contributed by atoms with van der Waals surface area (Å²) in [6.45, 7) is 7.00. The number of amides is 1. The normalized spacial score (nSPS) is 11.0. The Balaban J connectivity index is 1.49. The van der Waals surface area contributed by atoms with Crippen LogP contribution in [0.4, 0.5) is 0 Å². The molecule has 1 amide bonds. The van der Waals surface area contributed by atoms with Crippen molar-refractivity contribution in [2.75, 3.05) is 20.8 Å². The van der Waals surface area contributed by atoms with Gasteiger partial charge < -0.3 is 19.1 Å². The largest absolute Gasteiger partial charge is 0.496 e. The molecule has 0 radical (unpaired) electrons. The van der Waals surface area contributed by atoms with Crippen LogP contribution in [-0.2, 0) is 19.6 Å². The molecule has 0 spiro atoms. The van der Waals surface area contributed by atoms with Crippen molar-refractivity contribution in [1.82, 2.24) is 4.90 Å². The maximum Gasteiger partial charge on any atom is 0.258 e.